The second kappa shape index (κ2) is 7.48. The van der Waals surface area contributed by atoms with Crippen LogP contribution in [0.2, 0.25) is 0 Å². The Kier molecular flexibility index (Phi) is 6.20. The van der Waals surface area contributed by atoms with Crippen LogP contribution in [0.1, 0.15) is 64.7 Å². The summed E-state index contributed by atoms with van der Waals surface area (Å²) in [5, 5.41) is 0. The molecule has 0 aromatic carbocycles. The molecule has 0 atom stereocenters. The molecule has 0 aromatic heterocycles. The van der Waals surface area contributed by atoms with Gasteiger partial charge in [0, 0.05) is 5.57 Å². The highest BCUT2D eigenvalue weighted by atomic mass is 16.1. The Labute approximate surface area is 99.3 Å². The second-order valence-electron chi connectivity index (χ2n) is 5.03. The van der Waals surface area contributed by atoms with E-state index in [2.05, 4.69) is 6.08 Å². The molecule has 0 aliphatic heterocycles. The maximum Gasteiger partial charge on any atom is 0.244 e. The summed E-state index contributed by atoms with van der Waals surface area (Å²) >= 11 is 0. The van der Waals surface area contributed by atoms with Gasteiger partial charge in [-0.3, -0.25) is 4.79 Å². The fourth-order valence-electron chi connectivity index (χ4n) is 2.44. The molecule has 1 saturated carbocycles. The van der Waals surface area contributed by atoms with E-state index in [0.717, 1.165) is 5.57 Å². The minimum atomic E-state index is -0.267. The van der Waals surface area contributed by atoms with Crippen LogP contribution >= 0.6 is 0 Å². The molecule has 1 rings (SSSR count). The zero-order valence-electron chi connectivity index (χ0n) is 10.5. The molecule has 0 unspecified atom stereocenters. The summed E-state index contributed by atoms with van der Waals surface area (Å²) in [5.41, 5.74) is 6.01. The normalized spacial score (nSPS) is 21.7. The lowest BCUT2D eigenvalue weighted by molar-refractivity contribution is -0.114. The molecule has 0 saturated heterocycles. The number of primary amides is 1. The summed E-state index contributed by atoms with van der Waals surface area (Å²) in [7, 11) is 0. The number of carbonyl (C=O) groups is 1. The second-order valence-corrected chi connectivity index (χ2v) is 5.03. The van der Waals surface area contributed by atoms with Crippen molar-refractivity contribution in [3.63, 3.8) is 0 Å². The maximum atomic E-state index is 11.0. The van der Waals surface area contributed by atoms with Gasteiger partial charge in [-0.15, -0.1) is 0 Å². The van der Waals surface area contributed by atoms with Crippen molar-refractivity contribution < 1.29 is 4.79 Å². The van der Waals surface area contributed by atoms with Gasteiger partial charge >= 0.3 is 0 Å². The van der Waals surface area contributed by atoms with Crippen molar-refractivity contribution in [3.8, 4) is 0 Å². The van der Waals surface area contributed by atoms with Gasteiger partial charge in [-0.05, 0) is 25.7 Å². The third kappa shape index (κ3) is 5.34. The Morgan fingerprint density at radius 1 is 1.00 bits per heavy atom. The van der Waals surface area contributed by atoms with Gasteiger partial charge in [-0.2, -0.15) is 0 Å². The molecular weight excluding hydrogens is 198 g/mol. The average molecular weight is 223 g/mol. The Morgan fingerprint density at radius 2 is 1.44 bits per heavy atom. The van der Waals surface area contributed by atoms with Crippen LogP contribution < -0.4 is 5.73 Å². The SMILES string of the molecule is CC(=CC1CCCCCCCCC1)C(N)=O. The first-order valence-electron chi connectivity index (χ1n) is 6.68. The van der Waals surface area contributed by atoms with Crippen molar-refractivity contribution in [2.24, 2.45) is 11.7 Å². The molecule has 0 heterocycles. The van der Waals surface area contributed by atoms with Crippen LogP contribution in [0, 0.1) is 5.92 Å². The van der Waals surface area contributed by atoms with Gasteiger partial charge in [-0.1, -0.05) is 51.0 Å². The quantitative estimate of drug-likeness (QED) is 0.715. The fraction of sp³-hybridized carbons (Fsp3) is 0.786. The lowest BCUT2D eigenvalue weighted by Gasteiger charge is -2.15. The van der Waals surface area contributed by atoms with E-state index in [4.69, 9.17) is 5.73 Å². The van der Waals surface area contributed by atoms with E-state index in [9.17, 15) is 4.79 Å². The molecular formula is C14H25NO. The summed E-state index contributed by atoms with van der Waals surface area (Å²) in [6, 6.07) is 0. The number of nitrogens with two attached hydrogens (primary N) is 1. The molecule has 1 aliphatic rings. The van der Waals surface area contributed by atoms with Crippen molar-refractivity contribution in [3.05, 3.63) is 11.6 Å². The standard InChI is InChI=1S/C14H25NO/c1-12(14(15)16)11-13-9-7-5-3-2-4-6-8-10-13/h11,13H,2-10H2,1H3,(H2,15,16). The highest BCUT2D eigenvalue weighted by Crippen LogP contribution is 2.23. The van der Waals surface area contributed by atoms with Crippen molar-refractivity contribution in [1.82, 2.24) is 0 Å². The lowest BCUT2D eigenvalue weighted by atomic mass is 9.91. The lowest BCUT2D eigenvalue weighted by Crippen LogP contribution is -2.13. The van der Waals surface area contributed by atoms with Gasteiger partial charge < -0.3 is 5.73 Å². The summed E-state index contributed by atoms with van der Waals surface area (Å²) in [5.74, 6) is 0.308. The van der Waals surface area contributed by atoms with E-state index < -0.39 is 0 Å². The summed E-state index contributed by atoms with van der Waals surface area (Å²) in [6.07, 6.45) is 14.0. The highest BCUT2D eigenvalue weighted by molar-refractivity contribution is 5.91. The summed E-state index contributed by atoms with van der Waals surface area (Å²) < 4.78 is 0. The van der Waals surface area contributed by atoms with E-state index in [1.165, 1.54) is 57.8 Å². The zero-order chi connectivity index (χ0) is 11.8. The molecule has 1 fully saturated rings. The van der Waals surface area contributed by atoms with Crippen LogP contribution in [0.4, 0.5) is 0 Å². The Bertz CT molecular complexity index is 235. The Morgan fingerprint density at radius 3 is 1.88 bits per heavy atom. The van der Waals surface area contributed by atoms with E-state index in [-0.39, 0.29) is 5.91 Å². The van der Waals surface area contributed by atoms with Gasteiger partial charge in [0.1, 0.15) is 0 Å². The van der Waals surface area contributed by atoms with Crippen LogP contribution in [-0.2, 0) is 4.79 Å². The van der Waals surface area contributed by atoms with Crippen LogP contribution in [-0.4, -0.2) is 5.91 Å². The first-order valence-corrected chi connectivity index (χ1v) is 6.68. The van der Waals surface area contributed by atoms with Crippen molar-refractivity contribution in [1.29, 1.82) is 0 Å². The van der Waals surface area contributed by atoms with E-state index in [0.29, 0.717) is 5.92 Å². The van der Waals surface area contributed by atoms with Gasteiger partial charge in [0.05, 0.1) is 0 Å². The third-order valence-corrected chi connectivity index (χ3v) is 3.52. The van der Waals surface area contributed by atoms with Gasteiger partial charge in [0.25, 0.3) is 0 Å². The number of allylic oxidation sites excluding steroid dienone is 1. The molecule has 0 radical (unpaired) electrons. The van der Waals surface area contributed by atoms with E-state index >= 15 is 0 Å². The molecule has 2 heteroatoms. The van der Waals surface area contributed by atoms with Gasteiger partial charge in [0.2, 0.25) is 5.91 Å². The molecule has 1 amide bonds. The number of rotatable bonds is 2. The minimum Gasteiger partial charge on any atom is -0.366 e. The van der Waals surface area contributed by atoms with E-state index in [1.807, 2.05) is 6.92 Å². The van der Waals surface area contributed by atoms with Gasteiger partial charge in [0.15, 0.2) is 0 Å². The molecule has 16 heavy (non-hydrogen) atoms. The molecule has 2 nitrogen and oxygen atoms in total. The monoisotopic (exact) mass is 223 g/mol. The smallest absolute Gasteiger partial charge is 0.244 e. The van der Waals surface area contributed by atoms with Crippen molar-refractivity contribution >= 4 is 5.91 Å². The third-order valence-electron chi connectivity index (χ3n) is 3.52. The van der Waals surface area contributed by atoms with Crippen molar-refractivity contribution in [2.45, 2.75) is 64.7 Å². The number of carbonyl (C=O) groups excluding carboxylic acids is 1. The fourth-order valence-corrected chi connectivity index (χ4v) is 2.44. The first-order chi connectivity index (χ1) is 7.70. The number of amides is 1. The zero-order valence-corrected chi connectivity index (χ0v) is 10.5. The van der Waals surface area contributed by atoms with Crippen LogP contribution in [0.5, 0.6) is 0 Å². The number of hydrogen-bond acceptors (Lipinski definition) is 1. The number of hydrogen-bond donors (Lipinski definition) is 1. The van der Waals surface area contributed by atoms with Crippen LogP contribution in [0.25, 0.3) is 0 Å². The maximum absolute atomic E-state index is 11.0. The Hall–Kier alpha value is -0.790. The molecule has 0 bridgehead atoms. The summed E-state index contributed by atoms with van der Waals surface area (Å²) in [6.45, 7) is 1.83. The molecule has 0 aromatic rings. The first kappa shape index (κ1) is 13.3. The Balaban J connectivity index is 2.47. The largest absolute Gasteiger partial charge is 0.366 e. The highest BCUT2D eigenvalue weighted by Gasteiger charge is 2.09. The minimum absolute atomic E-state index is 0.267. The molecule has 1 aliphatic carbocycles. The topological polar surface area (TPSA) is 43.1 Å². The predicted octanol–water partition coefficient (Wildman–Crippen LogP) is 3.56. The van der Waals surface area contributed by atoms with Crippen LogP contribution in [0.3, 0.4) is 0 Å². The molecule has 0 spiro atoms. The van der Waals surface area contributed by atoms with Gasteiger partial charge in [-0.25, -0.2) is 0 Å². The molecule has 2 N–H and O–H groups in total. The van der Waals surface area contributed by atoms with Crippen LogP contribution in [0.15, 0.2) is 11.6 Å². The average Bonchev–Trinajstić information content (AvgIpc) is 2.27. The predicted molar refractivity (Wildman–Crippen MR) is 68.0 cm³/mol. The molecule has 92 valence electrons. The summed E-state index contributed by atoms with van der Waals surface area (Å²) in [4.78, 5) is 11.0. The van der Waals surface area contributed by atoms with Crippen molar-refractivity contribution in [2.75, 3.05) is 0 Å². The van der Waals surface area contributed by atoms with E-state index in [1.54, 1.807) is 0 Å².